The lowest BCUT2D eigenvalue weighted by Crippen LogP contribution is -2.31. The van der Waals surface area contributed by atoms with Gasteiger partial charge in [0.25, 0.3) is 5.91 Å². The van der Waals surface area contributed by atoms with Crippen LogP contribution < -0.4 is 5.32 Å². The summed E-state index contributed by atoms with van der Waals surface area (Å²) in [6, 6.07) is 14.4. The van der Waals surface area contributed by atoms with E-state index in [1.54, 1.807) is 12.1 Å². The second-order valence-electron chi connectivity index (χ2n) is 6.73. The Morgan fingerprint density at radius 3 is 2.41 bits per heavy atom. The Morgan fingerprint density at radius 2 is 1.74 bits per heavy atom. The van der Waals surface area contributed by atoms with Gasteiger partial charge in [0.2, 0.25) is 10.0 Å². The van der Waals surface area contributed by atoms with E-state index in [2.05, 4.69) is 17.4 Å². The van der Waals surface area contributed by atoms with Gasteiger partial charge >= 0.3 is 0 Å². The molecule has 0 aromatic heterocycles. The Bertz CT molecular complexity index is 903. The first-order chi connectivity index (χ1) is 13.0. The van der Waals surface area contributed by atoms with Crippen molar-refractivity contribution in [2.24, 2.45) is 0 Å². The number of fused-ring (bicyclic) bond motifs is 1. The number of nitrogens with zero attached hydrogens (tertiary/aromatic N) is 1. The molecule has 0 saturated carbocycles. The van der Waals surface area contributed by atoms with E-state index < -0.39 is 10.0 Å². The fraction of sp³-hybridized carbons (Fsp3) is 0.381. The van der Waals surface area contributed by atoms with Crippen molar-refractivity contribution < 1.29 is 13.2 Å². The highest BCUT2D eigenvalue weighted by Gasteiger charge is 2.24. The molecule has 144 valence electrons. The molecule has 0 spiro atoms. The molecule has 0 heterocycles. The van der Waals surface area contributed by atoms with Gasteiger partial charge < -0.3 is 5.32 Å². The number of aryl methyl sites for hydroxylation is 1. The standard InChI is InChI=1S/C21H26N2O3S/c1-3-23(4-2)27(25,26)18-14-12-17(13-15-18)21(24)22-20-11-7-9-16-8-5-6-10-19(16)20/h5-6,8,10,12-15,20H,3-4,7,9,11H2,1-2H3,(H,22,24)/t20-/m0/s1. The fourth-order valence-electron chi connectivity index (χ4n) is 3.64. The lowest BCUT2D eigenvalue weighted by molar-refractivity contribution is 0.0932. The van der Waals surface area contributed by atoms with Crippen molar-refractivity contribution in [2.75, 3.05) is 13.1 Å². The third kappa shape index (κ3) is 4.06. The van der Waals surface area contributed by atoms with Gasteiger partial charge in [0.15, 0.2) is 0 Å². The van der Waals surface area contributed by atoms with E-state index in [4.69, 9.17) is 0 Å². The number of benzene rings is 2. The monoisotopic (exact) mass is 386 g/mol. The highest BCUT2D eigenvalue weighted by molar-refractivity contribution is 7.89. The van der Waals surface area contributed by atoms with Gasteiger partial charge in [0, 0.05) is 18.7 Å². The maximum atomic E-state index is 12.7. The first kappa shape index (κ1) is 19.6. The summed E-state index contributed by atoms with van der Waals surface area (Å²) in [6.07, 6.45) is 3.00. The van der Waals surface area contributed by atoms with E-state index in [1.807, 2.05) is 26.0 Å². The van der Waals surface area contributed by atoms with Crippen LogP contribution >= 0.6 is 0 Å². The average Bonchev–Trinajstić information content (AvgIpc) is 2.69. The third-order valence-corrected chi connectivity index (χ3v) is 7.20. The predicted octanol–water partition coefficient (Wildman–Crippen LogP) is 3.52. The van der Waals surface area contributed by atoms with Crippen molar-refractivity contribution in [3.05, 3.63) is 65.2 Å². The largest absolute Gasteiger partial charge is 0.345 e. The maximum absolute atomic E-state index is 12.7. The molecule has 27 heavy (non-hydrogen) atoms. The second-order valence-corrected chi connectivity index (χ2v) is 8.67. The summed E-state index contributed by atoms with van der Waals surface area (Å²) < 4.78 is 26.5. The molecule has 0 unspecified atom stereocenters. The van der Waals surface area contributed by atoms with Crippen LogP contribution in [0.15, 0.2) is 53.4 Å². The molecular formula is C21H26N2O3S. The summed E-state index contributed by atoms with van der Waals surface area (Å²) >= 11 is 0. The summed E-state index contributed by atoms with van der Waals surface area (Å²) in [4.78, 5) is 12.9. The number of nitrogens with one attached hydrogen (secondary N) is 1. The molecule has 2 aromatic rings. The van der Waals surface area contributed by atoms with Gasteiger partial charge in [-0.1, -0.05) is 38.1 Å². The molecule has 6 heteroatoms. The third-order valence-electron chi connectivity index (χ3n) is 5.13. The Labute approximate surface area is 161 Å². The molecule has 1 aliphatic rings. The van der Waals surface area contributed by atoms with Crippen LogP contribution in [0, 0.1) is 0 Å². The lowest BCUT2D eigenvalue weighted by atomic mass is 9.87. The summed E-state index contributed by atoms with van der Waals surface area (Å²) in [5, 5.41) is 3.10. The van der Waals surface area contributed by atoms with E-state index in [1.165, 1.54) is 27.6 Å². The van der Waals surface area contributed by atoms with Gasteiger partial charge in [-0.15, -0.1) is 0 Å². The molecule has 0 bridgehead atoms. The van der Waals surface area contributed by atoms with Crippen molar-refractivity contribution in [1.29, 1.82) is 0 Å². The highest BCUT2D eigenvalue weighted by Crippen LogP contribution is 2.29. The Kier molecular flexibility index (Phi) is 5.97. The summed E-state index contributed by atoms with van der Waals surface area (Å²) in [7, 11) is -3.51. The number of sulfonamides is 1. The normalized spacial score (nSPS) is 16.8. The first-order valence-corrected chi connectivity index (χ1v) is 10.9. The SMILES string of the molecule is CCN(CC)S(=O)(=O)c1ccc(C(=O)N[C@H]2CCCc3ccccc32)cc1. The van der Waals surface area contributed by atoms with Crippen molar-refractivity contribution in [3.8, 4) is 0 Å². The smallest absolute Gasteiger partial charge is 0.251 e. The van der Waals surface area contributed by atoms with Crippen molar-refractivity contribution in [3.63, 3.8) is 0 Å². The molecule has 1 aliphatic carbocycles. The van der Waals surface area contributed by atoms with E-state index in [0.29, 0.717) is 18.7 Å². The van der Waals surface area contributed by atoms with Crippen LogP contribution in [0.3, 0.4) is 0 Å². The number of hydrogen-bond acceptors (Lipinski definition) is 3. The Hall–Kier alpha value is -2.18. The zero-order chi connectivity index (χ0) is 19.4. The van der Waals surface area contributed by atoms with Crippen LogP contribution in [-0.4, -0.2) is 31.7 Å². The topological polar surface area (TPSA) is 66.5 Å². The van der Waals surface area contributed by atoms with Gasteiger partial charge in [-0.05, 0) is 54.7 Å². The van der Waals surface area contributed by atoms with Gasteiger partial charge in [0.05, 0.1) is 10.9 Å². The number of rotatable bonds is 6. The van der Waals surface area contributed by atoms with Gasteiger partial charge in [-0.25, -0.2) is 8.42 Å². The van der Waals surface area contributed by atoms with E-state index in [-0.39, 0.29) is 16.8 Å². The Morgan fingerprint density at radius 1 is 1.07 bits per heavy atom. The predicted molar refractivity (Wildman–Crippen MR) is 106 cm³/mol. The first-order valence-electron chi connectivity index (χ1n) is 9.46. The van der Waals surface area contributed by atoms with Crippen LogP contribution in [0.4, 0.5) is 0 Å². The maximum Gasteiger partial charge on any atom is 0.251 e. The van der Waals surface area contributed by atoms with Crippen LogP contribution in [0.25, 0.3) is 0 Å². The summed E-state index contributed by atoms with van der Waals surface area (Å²) in [5.41, 5.74) is 2.93. The zero-order valence-corrected chi connectivity index (χ0v) is 16.6. The molecule has 1 amide bonds. The lowest BCUT2D eigenvalue weighted by Gasteiger charge is -2.26. The van der Waals surface area contributed by atoms with E-state index in [9.17, 15) is 13.2 Å². The van der Waals surface area contributed by atoms with Crippen LogP contribution in [0.1, 0.15) is 54.2 Å². The van der Waals surface area contributed by atoms with Crippen molar-refractivity contribution in [2.45, 2.75) is 44.0 Å². The number of hydrogen-bond donors (Lipinski definition) is 1. The zero-order valence-electron chi connectivity index (χ0n) is 15.8. The van der Waals surface area contributed by atoms with Crippen LogP contribution in [-0.2, 0) is 16.4 Å². The minimum Gasteiger partial charge on any atom is -0.345 e. The van der Waals surface area contributed by atoms with Crippen LogP contribution in [0.5, 0.6) is 0 Å². The number of carbonyl (C=O) groups is 1. The van der Waals surface area contributed by atoms with E-state index in [0.717, 1.165) is 19.3 Å². The molecular weight excluding hydrogens is 360 g/mol. The van der Waals surface area contributed by atoms with Gasteiger partial charge in [0.1, 0.15) is 0 Å². The summed E-state index contributed by atoms with van der Waals surface area (Å²) in [6.45, 7) is 4.46. The molecule has 3 rings (SSSR count). The molecule has 1 N–H and O–H groups in total. The molecule has 0 aliphatic heterocycles. The highest BCUT2D eigenvalue weighted by atomic mass is 32.2. The van der Waals surface area contributed by atoms with Gasteiger partial charge in [-0.2, -0.15) is 4.31 Å². The van der Waals surface area contributed by atoms with Gasteiger partial charge in [-0.3, -0.25) is 4.79 Å². The minimum atomic E-state index is -3.51. The summed E-state index contributed by atoms with van der Waals surface area (Å²) in [5.74, 6) is -0.177. The van der Waals surface area contributed by atoms with E-state index >= 15 is 0 Å². The minimum absolute atomic E-state index is 0.00142. The Balaban J connectivity index is 1.76. The molecule has 0 saturated heterocycles. The number of carbonyl (C=O) groups excluding carboxylic acids is 1. The molecule has 0 radical (unpaired) electrons. The molecule has 1 atom stereocenters. The fourth-order valence-corrected chi connectivity index (χ4v) is 5.09. The number of amides is 1. The molecule has 0 fully saturated rings. The quantitative estimate of drug-likeness (QED) is 0.826. The second kappa shape index (κ2) is 8.23. The van der Waals surface area contributed by atoms with Crippen LogP contribution in [0.2, 0.25) is 0 Å². The molecule has 5 nitrogen and oxygen atoms in total. The average molecular weight is 387 g/mol. The van der Waals surface area contributed by atoms with Crippen molar-refractivity contribution in [1.82, 2.24) is 9.62 Å². The van der Waals surface area contributed by atoms with Crippen molar-refractivity contribution >= 4 is 15.9 Å². The molecule has 2 aromatic carbocycles.